The number of amides is 1. The Bertz CT molecular complexity index is 869. The number of aromatic nitrogens is 2. The van der Waals surface area contributed by atoms with Crippen molar-refractivity contribution in [2.24, 2.45) is 0 Å². The first-order valence-corrected chi connectivity index (χ1v) is 7.82. The van der Waals surface area contributed by atoms with Crippen molar-refractivity contribution in [3.63, 3.8) is 0 Å². The molecular weight excluding hydrogens is 342 g/mol. The normalized spacial score (nSPS) is 10.4. The highest BCUT2D eigenvalue weighted by Gasteiger charge is 2.16. The second-order valence-electron chi connectivity index (χ2n) is 5.22. The van der Waals surface area contributed by atoms with Crippen molar-refractivity contribution in [2.45, 2.75) is 0 Å². The Morgan fingerprint density at radius 3 is 2.32 bits per heavy atom. The van der Waals surface area contributed by atoms with Crippen LogP contribution < -0.4 is 14.8 Å². The van der Waals surface area contributed by atoms with Gasteiger partial charge in [-0.15, -0.1) is 0 Å². The van der Waals surface area contributed by atoms with E-state index in [-0.39, 0.29) is 5.91 Å². The van der Waals surface area contributed by atoms with Crippen LogP contribution in [0.15, 0.2) is 48.7 Å². The van der Waals surface area contributed by atoms with Crippen molar-refractivity contribution in [3.05, 3.63) is 59.2 Å². The summed E-state index contributed by atoms with van der Waals surface area (Å²) in [4.78, 5) is 12.7. The molecule has 128 valence electrons. The largest absolute Gasteiger partial charge is 0.497 e. The van der Waals surface area contributed by atoms with Crippen LogP contribution in [0.5, 0.6) is 11.5 Å². The SMILES string of the molecule is COc1cc(NC(=O)c2cn[nH]c2-c2ccc(Cl)cc2)cc(OC)c1. The van der Waals surface area contributed by atoms with E-state index < -0.39 is 0 Å². The molecule has 0 atom stereocenters. The third-order valence-electron chi connectivity index (χ3n) is 3.63. The van der Waals surface area contributed by atoms with Gasteiger partial charge in [0.1, 0.15) is 11.5 Å². The van der Waals surface area contributed by atoms with Crippen molar-refractivity contribution in [3.8, 4) is 22.8 Å². The highest BCUT2D eigenvalue weighted by molar-refractivity contribution is 6.30. The number of halogens is 1. The van der Waals surface area contributed by atoms with Gasteiger partial charge in [-0.2, -0.15) is 5.10 Å². The van der Waals surface area contributed by atoms with E-state index in [0.29, 0.717) is 33.5 Å². The monoisotopic (exact) mass is 357 g/mol. The smallest absolute Gasteiger partial charge is 0.259 e. The molecule has 1 amide bonds. The molecule has 0 bridgehead atoms. The van der Waals surface area contributed by atoms with Crippen LogP contribution in [0, 0.1) is 0 Å². The van der Waals surface area contributed by atoms with Crippen molar-refractivity contribution in [1.29, 1.82) is 0 Å². The molecule has 1 aromatic heterocycles. The number of H-pyrrole nitrogens is 1. The lowest BCUT2D eigenvalue weighted by Crippen LogP contribution is -2.12. The maximum Gasteiger partial charge on any atom is 0.259 e. The zero-order valence-corrected chi connectivity index (χ0v) is 14.4. The van der Waals surface area contributed by atoms with Crippen LogP contribution in [0.2, 0.25) is 5.02 Å². The second kappa shape index (κ2) is 7.27. The molecule has 0 radical (unpaired) electrons. The maximum atomic E-state index is 12.7. The number of rotatable bonds is 5. The Hall–Kier alpha value is -2.99. The van der Waals surface area contributed by atoms with Crippen molar-refractivity contribution in [1.82, 2.24) is 10.2 Å². The number of ether oxygens (including phenoxy) is 2. The topological polar surface area (TPSA) is 76.2 Å². The van der Waals surface area contributed by atoms with Crippen molar-refractivity contribution >= 4 is 23.2 Å². The molecule has 0 unspecified atom stereocenters. The molecule has 0 saturated heterocycles. The Labute approximate surface area is 149 Å². The lowest BCUT2D eigenvalue weighted by Gasteiger charge is -2.10. The van der Waals surface area contributed by atoms with E-state index in [4.69, 9.17) is 21.1 Å². The fraction of sp³-hybridized carbons (Fsp3) is 0.111. The Morgan fingerprint density at radius 1 is 1.08 bits per heavy atom. The van der Waals surface area contributed by atoms with Gasteiger partial charge in [0.05, 0.1) is 31.7 Å². The average Bonchev–Trinajstić information content (AvgIpc) is 3.11. The van der Waals surface area contributed by atoms with Crippen LogP contribution in [0.1, 0.15) is 10.4 Å². The number of carbonyl (C=O) groups excluding carboxylic acids is 1. The van der Waals surface area contributed by atoms with Crippen LogP contribution in [0.3, 0.4) is 0 Å². The van der Waals surface area contributed by atoms with E-state index in [1.54, 1.807) is 44.6 Å². The summed E-state index contributed by atoms with van der Waals surface area (Å²) in [6, 6.07) is 12.3. The van der Waals surface area contributed by atoms with Gasteiger partial charge < -0.3 is 14.8 Å². The molecule has 7 heteroatoms. The molecule has 3 aromatic rings. The maximum absolute atomic E-state index is 12.7. The van der Waals surface area contributed by atoms with Gasteiger partial charge in [0.2, 0.25) is 0 Å². The number of carbonyl (C=O) groups is 1. The second-order valence-corrected chi connectivity index (χ2v) is 5.66. The van der Waals surface area contributed by atoms with Crippen LogP contribution in [-0.2, 0) is 0 Å². The van der Waals surface area contributed by atoms with Crippen LogP contribution in [-0.4, -0.2) is 30.3 Å². The Kier molecular flexibility index (Phi) is 4.90. The van der Waals surface area contributed by atoms with Crippen molar-refractivity contribution < 1.29 is 14.3 Å². The standard InChI is InChI=1S/C18H16ClN3O3/c1-24-14-7-13(8-15(9-14)25-2)21-18(23)16-10-20-22-17(16)11-3-5-12(19)6-4-11/h3-10H,1-2H3,(H,20,22)(H,21,23). The van der Waals surface area contributed by atoms with Gasteiger partial charge in [-0.25, -0.2) is 0 Å². The number of anilines is 1. The number of benzene rings is 2. The molecule has 0 aliphatic heterocycles. The summed E-state index contributed by atoms with van der Waals surface area (Å²) >= 11 is 5.91. The molecule has 0 spiro atoms. The Morgan fingerprint density at radius 2 is 1.72 bits per heavy atom. The first-order chi connectivity index (χ1) is 12.1. The lowest BCUT2D eigenvalue weighted by atomic mass is 10.1. The predicted molar refractivity (Wildman–Crippen MR) is 96.5 cm³/mol. The Balaban J connectivity index is 1.88. The van der Waals surface area contributed by atoms with Gasteiger partial charge in [0.25, 0.3) is 5.91 Å². The number of aromatic amines is 1. The summed E-state index contributed by atoms with van der Waals surface area (Å²) in [6.07, 6.45) is 1.48. The van der Waals surface area contributed by atoms with E-state index >= 15 is 0 Å². The molecule has 0 aliphatic rings. The summed E-state index contributed by atoms with van der Waals surface area (Å²) < 4.78 is 10.4. The molecule has 2 aromatic carbocycles. The van der Waals surface area contributed by atoms with E-state index in [1.807, 2.05) is 12.1 Å². The zero-order valence-electron chi connectivity index (χ0n) is 13.7. The van der Waals surface area contributed by atoms with E-state index in [2.05, 4.69) is 15.5 Å². The van der Waals surface area contributed by atoms with Gasteiger partial charge >= 0.3 is 0 Å². The molecule has 0 fully saturated rings. The molecule has 2 N–H and O–H groups in total. The summed E-state index contributed by atoms with van der Waals surface area (Å²) in [6.45, 7) is 0. The number of nitrogens with one attached hydrogen (secondary N) is 2. The third kappa shape index (κ3) is 3.75. The molecule has 0 aliphatic carbocycles. The first kappa shape index (κ1) is 16.9. The molecule has 1 heterocycles. The zero-order chi connectivity index (χ0) is 17.8. The van der Waals surface area contributed by atoms with Gasteiger partial charge in [0.15, 0.2) is 0 Å². The predicted octanol–water partition coefficient (Wildman–Crippen LogP) is 4.00. The third-order valence-corrected chi connectivity index (χ3v) is 3.88. The number of hydrogen-bond donors (Lipinski definition) is 2. The van der Waals surface area contributed by atoms with E-state index in [0.717, 1.165) is 5.56 Å². The lowest BCUT2D eigenvalue weighted by molar-refractivity contribution is 0.102. The summed E-state index contributed by atoms with van der Waals surface area (Å²) in [5.41, 5.74) is 2.41. The van der Waals surface area contributed by atoms with Crippen LogP contribution >= 0.6 is 11.6 Å². The van der Waals surface area contributed by atoms with Gasteiger partial charge in [0, 0.05) is 34.5 Å². The number of hydrogen-bond acceptors (Lipinski definition) is 4. The fourth-order valence-electron chi connectivity index (χ4n) is 2.37. The molecule has 3 rings (SSSR count). The summed E-state index contributed by atoms with van der Waals surface area (Å²) in [5, 5.41) is 10.3. The van der Waals surface area contributed by atoms with Gasteiger partial charge in [-0.1, -0.05) is 23.7 Å². The van der Waals surface area contributed by atoms with Crippen LogP contribution in [0.25, 0.3) is 11.3 Å². The highest BCUT2D eigenvalue weighted by Crippen LogP contribution is 2.27. The van der Waals surface area contributed by atoms with Crippen molar-refractivity contribution in [2.75, 3.05) is 19.5 Å². The minimum absolute atomic E-state index is 0.297. The minimum Gasteiger partial charge on any atom is -0.497 e. The molecule has 0 saturated carbocycles. The summed E-state index contributed by atoms with van der Waals surface area (Å²) in [5.74, 6) is 0.869. The molecule has 25 heavy (non-hydrogen) atoms. The average molecular weight is 358 g/mol. The van der Waals surface area contributed by atoms with Gasteiger partial charge in [-0.05, 0) is 12.1 Å². The van der Waals surface area contributed by atoms with E-state index in [1.165, 1.54) is 6.20 Å². The fourth-order valence-corrected chi connectivity index (χ4v) is 2.50. The minimum atomic E-state index is -0.297. The number of nitrogens with zero attached hydrogens (tertiary/aromatic N) is 1. The van der Waals surface area contributed by atoms with Crippen LogP contribution in [0.4, 0.5) is 5.69 Å². The summed E-state index contributed by atoms with van der Waals surface area (Å²) in [7, 11) is 3.10. The van der Waals surface area contributed by atoms with E-state index in [9.17, 15) is 4.79 Å². The highest BCUT2D eigenvalue weighted by atomic mass is 35.5. The molecule has 6 nitrogen and oxygen atoms in total. The first-order valence-electron chi connectivity index (χ1n) is 7.44. The van der Waals surface area contributed by atoms with Gasteiger partial charge in [-0.3, -0.25) is 9.89 Å². The number of methoxy groups -OCH3 is 2. The molecular formula is C18H16ClN3O3. The quantitative estimate of drug-likeness (QED) is 0.723.